The molecule has 0 saturated heterocycles. The topological polar surface area (TPSA) is 37.0 Å². The highest BCUT2D eigenvalue weighted by molar-refractivity contribution is 7.15. The average Bonchev–Trinajstić information content (AvgIpc) is 3.08. The highest BCUT2D eigenvalue weighted by Crippen LogP contribution is 2.28. The zero-order valence-corrected chi connectivity index (χ0v) is 17.1. The molecule has 2 N–H and O–H groups in total. The summed E-state index contributed by atoms with van der Waals surface area (Å²) >= 11 is 1.78. The lowest BCUT2D eigenvalue weighted by molar-refractivity contribution is 0.486. The quantitative estimate of drug-likeness (QED) is 0.523. The van der Waals surface area contributed by atoms with Crippen LogP contribution in [0.4, 0.5) is 10.8 Å². The number of anilines is 2. The Balaban J connectivity index is 1.29. The fraction of sp³-hybridized carbons (Fsp3) is 0.292. The maximum atomic E-state index is 4.71. The molecule has 2 heterocycles. The van der Waals surface area contributed by atoms with Crippen molar-refractivity contribution in [2.45, 2.75) is 38.6 Å². The summed E-state index contributed by atoms with van der Waals surface area (Å²) in [7, 11) is 0. The Bertz CT molecular complexity index is 916. The Kier molecular flexibility index (Phi) is 6.20. The molecule has 0 radical (unpaired) electrons. The second kappa shape index (κ2) is 9.18. The first-order chi connectivity index (χ1) is 13.8. The van der Waals surface area contributed by atoms with Gasteiger partial charge in [0, 0.05) is 23.2 Å². The third kappa shape index (κ3) is 4.89. The van der Waals surface area contributed by atoms with Crippen LogP contribution in [0.15, 0.2) is 66.7 Å². The zero-order chi connectivity index (χ0) is 19.2. The third-order valence-corrected chi connectivity index (χ3v) is 6.37. The van der Waals surface area contributed by atoms with E-state index in [0.29, 0.717) is 6.04 Å². The van der Waals surface area contributed by atoms with Crippen LogP contribution in [0.2, 0.25) is 0 Å². The molecule has 3 nitrogen and oxygen atoms in total. The smallest absolute Gasteiger partial charge is 0.187 e. The van der Waals surface area contributed by atoms with Gasteiger partial charge in [0.2, 0.25) is 0 Å². The third-order valence-electron chi connectivity index (χ3n) is 5.24. The number of hydrogen-bond donors (Lipinski definition) is 2. The first-order valence-corrected chi connectivity index (χ1v) is 10.9. The van der Waals surface area contributed by atoms with E-state index in [1.165, 1.54) is 28.9 Å². The van der Waals surface area contributed by atoms with Crippen LogP contribution in [0.5, 0.6) is 0 Å². The molecule has 1 aliphatic heterocycles. The van der Waals surface area contributed by atoms with Crippen molar-refractivity contribution < 1.29 is 0 Å². The summed E-state index contributed by atoms with van der Waals surface area (Å²) in [5.74, 6) is 0. The first-order valence-electron chi connectivity index (χ1n) is 10.0. The number of para-hydroxylation sites is 1. The van der Waals surface area contributed by atoms with E-state index in [1.54, 1.807) is 11.3 Å². The van der Waals surface area contributed by atoms with Crippen LogP contribution in [-0.4, -0.2) is 17.6 Å². The summed E-state index contributed by atoms with van der Waals surface area (Å²) in [5, 5.41) is 8.06. The van der Waals surface area contributed by atoms with Gasteiger partial charge in [-0.3, -0.25) is 0 Å². The molecule has 3 aromatic rings. The van der Waals surface area contributed by atoms with Crippen molar-refractivity contribution >= 4 is 27.7 Å². The summed E-state index contributed by atoms with van der Waals surface area (Å²) in [5.41, 5.74) is 5.09. The molecule has 4 heteroatoms. The van der Waals surface area contributed by atoms with Crippen molar-refractivity contribution in [3.8, 4) is 0 Å². The van der Waals surface area contributed by atoms with Gasteiger partial charge in [0.25, 0.3) is 0 Å². The SMILES string of the molecule is Cc1nc(Nc2ccccc2)sc1CCCC1CC(c2ccccc2)=CCN1. The summed E-state index contributed by atoms with van der Waals surface area (Å²) in [4.78, 5) is 6.10. The first kappa shape index (κ1) is 18.9. The number of nitrogens with one attached hydrogen (secondary N) is 2. The van der Waals surface area contributed by atoms with Crippen molar-refractivity contribution in [2.75, 3.05) is 11.9 Å². The molecule has 0 amide bonds. The van der Waals surface area contributed by atoms with Gasteiger partial charge in [0.15, 0.2) is 5.13 Å². The molecule has 0 aliphatic carbocycles. The molecule has 0 bridgehead atoms. The minimum Gasteiger partial charge on any atom is -0.332 e. The van der Waals surface area contributed by atoms with Crippen molar-refractivity contribution in [3.63, 3.8) is 0 Å². The fourth-order valence-electron chi connectivity index (χ4n) is 3.73. The van der Waals surface area contributed by atoms with Crippen LogP contribution in [-0.2, 0) is 6.42 Å². The molecular weight excluding hydrogens is 362 g/mol. The molecule has 28 heavy (non-hydrogen) atoms. The number of aromatic nitrogens is 1. The van der Waals surface area contributed by atoms with Gasteiger partial charge >= 0.3 is 0 Å². The Hall–Kier alpha value is -2.43. The number of hydrogen-bond acceptors (Lipinski definition) is 4. The highest BCUT2D eigenvalue weighted by atomic mass is 32.1. The van der Waals surface area contributed by atoms with Crippen LogP contribution < -0.4 is 10.6 Å². The molecule has 1 atom stereocenters. The van der Waals surface area contributed by atoms with Crippen molar-refractivity contribution in [1.29, 1.82) is 0 Å². The normalized spacial score (nSPS) is 16.6. The van der Waals surface area contributed by atoms with E-state index in [0.717, 1.165) is 35.9 Å². The zero-order valence-electron chi connectivity index (χ0n) is 16.3. The lowest BCUT2D eigenvalue weighted by atomic mass is 9.93. The van der Waals surface area contributed by atoms with E-state index >= 15 is 0 Å². The van der Waals surface area contributed by atoms with Gasteiger partial charge < -0.3 is 10.6 Å². The lowest BCUT2D eigenvalue weighted by Gasteiger charge is -2.24. The summed E-state index contributed by atoms with van der Waals surface area (Å²) in [6.45, 7) is 3.09. The van der Waals surface area contributed by atoms with E-state index in [4.69, 9.17) is 4.98 Å². The van der Waals surface area contributed by atoms with Crippen molar-refractivity contribution in [2.24, 2.45) is 0 Å². The molecule has 1 aliphatic rings. The van der Waals surface area contributed by atoms with E-state index in [1.807, 2.05) is 18.2 Å². The minimum atomic E-state index is 0.565. The Labute approximate surface area is 171 Å². The number of benzene rings is 2. The summed E-state index contributed by atoms with van der Waals surface area (Å²) in [6, 6.07) is 21.6. The molecular formula is C24H27N3S. The average molecular weight is 390 g/mol. The Morgan fingerprint density at radius 1 is 1.07 bits per heavy atom. The molecule has 144 valence electrons. The van der Waals surface area contributed by atoms with E-state index in [9.17, 15) is 0 Å². The standard InChI is InChI=1S/C24H27N3S/c1-18-23(28-24(26-18)27-21-11-6-3-7-12-21)14-8-13-22-17-20(15-16-25-22)19-9-4-2-5-10-19/h2-7,9-12,15,22,25H,8,13-14,16-17H2,1H3,(H,26,27). The lowest BCUT2D eigenvalue weighted by Crippen LogP contribution is -2.32. The maximum Gasteiger partial charge on any atom is 0.187 e. The van der Waals surface area contributed by atoms with E-state index in [2.05, 4.69) is 66.1 Å². The van der Waals surface area contributed by atoms with Crippen LogP contribution >= 0.6 is 11.3 Å². The predicted molar refractivity (Wildman–Crippen MR) is 120 cm³/mol. The van der Waals surface area contributed by atoms with Gasteiger partial charge in [-0.1, -0.05) is 54.6 Å². The van der Waals surface area contributed by atoms with Gasteiger partial charge in [0.1, 0.15) is 0 Å². The highest BCUT2D eigenvalue weighted by Gasteiger charge is 2.16. The second-order valence-corrected chi connectivity index (χ2v) is 8.40. The number of rotatable bonds is 7. The minimum absolute atomic E-state index is 0.565. The molecule has 0 fully saturated rings. The number of thiazole rings is 1. The molecule has 1 aromatic heterocycles. The van der Waals surface area contributed by atoms with Gasteiger partial charge in [-0.15, -0.1) is 11.3 Å². The van der Waals surface area contributed by atoms with Crippen LogP contribution in [0, 0.1) is 6.92 Å². The van der Waals surface area contributed by atoms with Gasteiger partial charge in [-0.25, -0.2) is 4.98 Å². The molecule has 4 rings (SSSR count). The van der Waals surface area contributed by atoms with Crippen LogP contribution in [0.25, 0.3) is 5.57 Å². The van der Waals surface area contributed by atoms with Gasteiger partial charge in [-0.05, 0) is 55.9 Å². The number of nitrogens with zero attached hydrogens (tertiary/aromatic N) is 1. The second-order valence-electron chi connectivity index (χ2n) is 7.32. The molecule has 0 saturated carbocycles. The van der Waals surface area contributed by atoms with Crippen molar-refractivity contribution in [3.05, 3.63) is 82.9 Å². The van der Waals surface area contributed by atoms with E-state index < -0.39 is 0 Å². The molecule has 0 spiro atoms. The summed E-state index contributed by atoms with van der Waals surface area (Å²) in [6.07, 6.45) is 6.94. The number of aryl methyl sites for hydroxylation is 2. The van der Waals surface area contributed by atoms with Crippen molar-refractivity contribution in [1.82, 2.24) is 10.3 Å². The largest absolute Gasteiger partial charge is 0.332 e. The molecule has 1 unspecified atom stereocenters. The van der Waals surface area contributed by atoms with Crippen LogP contribution in [0.1, 0.15) is 35.4 Å². The Morgan fingerprint density at radius 2 is 1.82 bits per heavy atom. The van der Waals surface area contributed by atoms with Gasteiger partial charge in [0.05, 0.1) is 5.69 Å². The summed E-state index contributed by atoms with van der Waals surface area (Å²) < 4.78 is 0. The molecule has 2 aromatic carbocycles. The Morgan fingerprint density at radius 3 is 2.61 bits per heavy atom. The fourth-order valence-corrected chi connectivity index (χ4v) is 4.75. The monoisotopic (exact) mass is 389 g/mol. The van der Waals surface area contributed by atoms with Crippen LogP contribution in [0.3, 0.4) is 0 Å². The maximum absolute atomic E-state index is 4.71. The van der Waals surface area contributed by atoms with Gasteiger partial charge in [-0.2, -0.15) is 0 Å². The predicted octanol–water partition coefficient (Wildman–Crippen LogP) is 5.96. The van der Waals surface area contributed by atoms with E-state index in [-0.39, 0.29) is 0 Å².